The second-order valence-electron chi connectivity index (χ2n) is 2.81. The van der Waals surface area contributed by atoms with E-state index in [1.165, 1.54) is 4.74 Å². The SMILES string of the molecule is C=C(/C=C\[N+](=C)OC)c1ccccc1. The highest BCUT2D eigenvalue weighted by molar-refractivity contribution is 5.71. The van der Waals surface area contributed by atoms with Crippen molar-refractivity contribution in [3.05, 3.63) is 54.8 Å². The lowest BCUT2D eigenvalue weighted by molar-refractivity contribution is -0.726. The zero-order valence-corrected chi connectivity index (χ0v) is 8.31. The van der Waals surface area contributed by atoms with E-state index in [0.29, 0.717) is 0 Å². The lowest BCUT2D eigenvalue weighted by Gasteiger charge is -1.97. The molecule has 0 saturated carbocycles. The van der Waals surface area contributed by atoms with Crippen molar-refractivity contribution in [3.63, 3.8) is 0 Å². The first-order valence-corrected chi connectivity index (χ1v) is 4.30. The minimum Gasteiger partial charge on any atom is -0.275 e. The van der Waals surface area contributed by atoms with Crippen molar-refractivity contribution in [1.82, 2.24) is 0 Å². The zero-order valence-electron chi connectivity index (χ0n) is 8.31. The second-order valence-corrected chi connectivity index (χ2v) is 2.81. The molecule has 0 spiro atoms. The summed E-state index contributed by atoms with van der Waals surface area (Å²) in [5, 5.41) is 0. The van der Waals surface area contributed by atoms with Crippen LogP contribution in [0, 0.1) is 0 Å². The minimum absolute atomic E-state index is 0.927. The number of hydroxylamine groups is 1. The predicted octanol–water partition coefficient (Wildman–Crippen LogP) is 2.49. The van der Waals surface area contributed by atoms with Gasteiger partial charge in [0.1, 0.15) is 7.11 Å². The lowest BCUT2D eigenvalue weighted by Crippen LogP contribution is -1.96. The Morgan fingerprint density at radius 2 is 2.00 bits per heavy atom. The van der Waals surface area contributed by atoms with Crippen molar-refractivity contribution in [2.75, 3.05) is 7.11 Å². The summed E-state index contributed by atoms with van der Waals surface area (Å²) in [7, 11) is 1.56. The number of rotatable bonds is 4. The lowest BCUT2D eigenvalue weighted by atomic mass is 10.1. The van der Waals surface area contributed by atoms with E-state index >= 15 is 0 Å². The third-order valence-electron chi connectivity index (χ3n) is 1.82. The maximum Gasteiger partial charge on any atom is 0.222 e. The quantitative estimate of drug-likeness (QED) is 0.306. The number of nitrogens with zero attached hydrogens (tertiary/aromatic N) is 1. The van der Waals surface area contributed by atoms with Crippen molar-refractivity contribution in [2.24, 2.45) is 0 Å². The minimum atomic E-state index is 0.927. The number of allylic oxidation sites excluding steroid dienone is 2. The van der Waals surface area contributed by atoms with Crippen molar-refractivity contribution in [1.29, 1.82) is 0 Å². The molecule has 72 valence electrons. The van der Waals surface area contributed by atoms with E-state index in [-0.39, 0.29) is 0 Å². The Morgan fingerprint density at radius 1 is 1.36 bits per heavy atom. The first kappa shape index (κ1) is 10.3. The topological polar surface area (TPSA) is 12.2 Å². The highest BCUT2D eigenvalue weighted by Crippen LogP contribution is 2.12. The molecule has 0 saturated heterocycles. The number of benzene rings is 1. The number of hydrogen-bond donors (Lipinski definition) is 0. The molecule has 0 radical (unpaired) electrons. The molecule has 0 aromatic heterocycles. The molecular formula is C12H14NO+. The van der Waals surface area contributed by atoms with Gasteiger partial charge in [-0.3, -0.25) is 4.84 Å². The Hall–Kier alpha value is -1.83. The summed E-state index contributed by atoms with van der Waals surface area (Å²) in [6.07, 6.45) is 3.57. The van der Waals surface area contributed by atoms with E-state index in [4.69, 9.17) is 4.84 Å². The van der Waals surface area contributed by atoms with Crippen LogP contribution in [0.5, 0.6) is 0 Å². The molecule has 0 heterocycles. The molecule has 0 fully saturated rings. The monoisotopic (exact) mass is 188 g/mol. The molecule has 0 aliphatic heterocycles. The summed E-state index contributed by atoms with van der Waals surface area (Å²) < 4.78 is 1.37. The predicted molar refractivity (Wildman–Crippen MR) is 59.0 cm³/mol. The fourth-order valence-corrected chi connectivity index (χ4v) is 0.982. The van der Waals surface area contributed by atoms with Crippen LogP contribution in [0.15, 0.2) is 49.2 Å². The summed E-state index contributed by atoms with van der Waals surface area (Å²) in [5.74, 6) is 0. The van der Waals surface area contributed by atoms with Gasteiger partial charge in [-0.1, -0.05) is 36.9 Å². The van der Waals surface area contributed by atoms with Crippen LogP contribution < -0.4 is 0 Å². The molecule has 1 aromatic carbocycles. The average Bonchev–Trinajstić information content (AvgIpc) is 2.26. The molecule has 0 atom stereocenters. The van der Waals surface area contributed by atoms with Gasteiger partial charge in [0, 0.05) is 6.08 Å². The Kier molecular flexibility index (Phi) is 3.68. The van der Waals surface area contributed by atoms with E-state index in [2.05, 4.69) is 13.3 Å². The fraction of sp³-hybridized carbons (Fsp3) is 0.0833. The second kappa shape index (κ2) is 5.02. The van der Waals surface area contributed by atoms with Crippen molar-refractivity contribution in [2.45, 2.75) is 0 Å². The van der Waals surface area contributed by atoms with Gasteiger partial charge in [0.2, 0.25) is 6.20 Å². The highest BCUT2D eigenvalue weighted by atomic mass is 16.6. The van der Waals surface area contributed by atoms with Gasteiger partial charge in [-0.2, -0.15) is 0 Å². The Morgan fingerprint density at radius 3 is 2.57 bits per heavy atom. The van der Waals surface area contributed by atoms with Gasteiger partial charge in [-0.15, -0.1) is 0 Å². The first-order chi connectivity index (χ1) is 6.74. The summed E-state index contributed by atoms with van der Waals surface area (Å²) in [5.41, 5.74) is 2.02. The van der Waals surface area contributed by atoms with Crippen LogP contribution in [0.4, 0.5) is 0 Å². The van der Waals surface area contributed by atoms with E-state index in [0.717, 1.165) is 11.1 Å². The van der Waals surface area contributed by atoms with E-state index in [1.807, 2.05) is 36.4 Å². The molecule has 1 rings (SSSR count). The molecule has 0 bridgehead atoms. The summed E-state index contributed by atoms with van der Waals surface area (Å²) >= 11 is 0. The van der Waals surface area contributed by atoms with Gasteiger partial charge in [-0.25, -0.2) is 0 Å². The van der Waals surface area contributed by atoms with Gasteiger partial charge in [0.05, 0.1) is 0 Å². The van der Waals surface area contributed by atoms with Gasteiger partial charge in [0.15, 0.2) is 6.72 Å². The van der Waals surface area contributed by atoms with Gasteiger partial charge < -0.3 is 0 Å². The Labute approximate surface area is 84.4 Å². The van der Waals surface area contributed by atoms with E-state index < -0.39 is 0 Å². The van der Waals surface area contributed by atoms with Crippen molar-refractivity contribution in [3.8, 4) is 0 Å². The molecule has 0 aliphatic carbocycles. The standard InChI is InChI=1S/C12H14NO/c1-11(9-10-13(2)14-3)12-7-5-4-6-8-12/h4-10H,1-2H2,3H3/q+1/b10-9-. The molecule has 1 aromatic rings. The van der Waals surface area contributed by atoms with Crippen LogP contribution in [0.1, 0.15) is 5.56 Å². The van der Waals surface area contributed by atoms with E-state index in [1.54, 1.807) is 13.3 Å². The Bertz CT molecular complexity index is 352. The molecule has 0 amide bonds. The molecule has 0 aliphatic rings. The molecule has 14 heavy (non-hydrogen) atoms. The van der Waals surface area contributed by atoms with Crippen LogP contribution >= 0.6 is 0 Å². The molecule has 2 heteroatoms. The highest BCUT2D eigenvalue weighted by Gasteiger charge is 1.95. The van der Waals surface area contributed by atoms with E-state index in [9.17, 15) is 0 Å². The number of hydrogen-bond acceptors (Lipinski definition) is 1. The molecular weight excluding hydrogens is 174 g/mol. The third kappa shape index (κ3) is 2.90. The zero-order chi connectivity index (χ0) is 10.4. The van der Waals surface area contributed by atoms with Crippen molar-refractivity contribution < 1.29 is 9.58 Å². The molecule has 2 nitrogen and oxygen atoms in total. The fourth-order valence-electron chi connectivity index (χ4n) is 0.982. The Balaban J connectivity index is 2.69. The van der Waals surface area contributed by atoms with Gasteiger partial charge >= 0.3 is 0 Å². The first-order valence-electron chi connectivity index (χ1n) is 4.30. The third-order valence-corrected chi connectivity index (χ3v) is 1.82. The van der Waals surface area contributed by atoms with Crippen LogP contribution in [0.25, 0.3) is 5.57 Å². The maximum atomic E-state index is 4.83. The molecule has 0 N–H and O–H groups in total. The average molecular weight is 188 g/mol. The smallest absolute Gasteiger partial charge is 0.222 e. The van der Waals surface area contributed by atoms with Crippen LogP contribution in [-0.4, -0.2) is 18.6 Å². The summed E-state index contributed by atoms with van der Waals surface area (Å²) in [6, 6.07) is 9.95. The van der Waals surface area contributed by atoms with Crippen LogP contribution in [0.3, 0.4) is 0 Å². The van der Waals surface area contributed by atoms with Crippen molar-refractivity contribution >= 4 is 12.3 Å². The van der Waals surface area contributed by atoms with Gasteiger partial charge in [-0.05, 0) is 15.9 Å². The molecule has 0 unspecified atom stereocenters. The largest absolute Gasteiger partial charge is 0.275 e. The summed E-state index contributed by atoms with van der Waals surface area (Å²) in [6.45, 7) is 7.54. The van der Waals surface area contributed by atoms with Gasteiger partial charge in [0.25, 0.3) is 0 Å². The maximum absolute atomic E-state index is 4.83. The summed E-state index contributed by atoms with van der Waals surface area (Å²) in [4.78, 5) is 4.83. The van der Waals surface area contributed by atoms with Crippen LogP contribution in [-0.2, 0) is 4.84 Å². The normalized spacial score (nSPS) is 10.1. The van der Waals surface area contributed by atoms with Crippen LogP contribution in [0.2, 0.25) is 0 Å².